The summed E-state index contributed by atoms with van der Waals surface area (Å²) in [6, 6.07) is 13.5. The van der Waals surface area contributed by atoms with Crippen molar-refractivity contribution < 1.29 is 9.53 Å². The van der Waals surface area contributed by atoms with E-state index < -0.39 is 0 Å². The van der Waals surface area contributed by atoms with Crippen molar-refractivity contribution >= 4 is 17.3 Å². The average Bonchev–Trinajstić information content (AvgIpc) is 2.44. The van der Waals surface area contributed by atoms with Crippen LogP contribution in [0.5, 0.6) is 0 Å². The molecule has 0 atom stereocenters. The fraction of sp³-hybridized carbons (Fsp3) is 0.235. The maximum Gasteiger partial charge on any atom is 0.338 e. The largest absolute Gasteiger partial charge is 0.462 e. The van der Waals surface area contributed by atoms with Gasteiger partial charge >= 0.3 is 5.97 Å². The summed E-state index contributed by atoms with van der Waals surface area (Å²) < 4.78 is 4.96. The number of ether oxygens (including phenoxy) is 1. The molecular formula is C17H19NO2. The van der Waals surface area contributed by atoms with E-state index in [4.69, 9.17) is 4.74 Å². The highest BCUT2D eigenvalue weighted by atomic mass is 16.5. The molecule has 2 aromatic rings. The third kappa shape index (κ3) is 3.38. The molecule has 0 aliphatic rings. The summed E-state index contributed by atoms with van der Waals surface area (Å²) in [4.78, 5) is 11.6. The smallest absolute Gasteiger partial charge is 0.338 e. The van der Waals surface area contributed by atoms with Gasteiger partial charge < -0.3 is 10.1 Å². The molecule has 0 fully saturated rings. The lowest BCUT2D eigenvalue weighted by atomic mass is 10.1. The summed E-state index contributed by atoms with van der Waals surface area (Å²) in [7, 11) is 0. The van der Waals surface area contributed by atoms with E-state index in [0.717, 1.165) is 11.4 Å². The fourth-order valence-corrected chi connectivity index (χ4v) is 1.89. The number of rotatable bonds is 4. The van der Waals surface area contributed by atoms with Crippen LogP contribution < -0.4 is 5.32 Å². The number of hydrogen-bond donors (Lipinski definition) is 1. The van der Waals surface area contributed by atoms with E-state index >= 15 is 0 Å². The first kappa shape index (κ1) is 14.1. The van der Waals surface area contributed by atoms with Crippen LogP contribution in [-0.2, 0) is 4.74 Å². The predicted molar refractivity (Wildman–Crippen MR) is 81.6 cm³/mol. The predicted octanol–water partition coefficient (Wildman–Crippen LogP) is 4.22. The molecule has 3 heteroatoms. The van der Waals surface area contributed by atoms with Gasteiger partial charge in [0.2, 0.25) is 0 Å². The highest BCUT2D eigenvalue weighted by molar-refractivity contribution is 5.89. The molecule has 0 heterocycles. The minimum Gasteiger partial charge on any atom is -0.462 e. The van der Waals surface area contributed by atoms with Gasteiger partial charge in [0.1, 0.15) is 0 Å². The van der Waals surface area contributed by atoms with Gasteiger partial charge in [-0.25, -0.2) is 4.79 Å². The third-order valence-corrected chi connectivity index (χ3v) is 3.19. The van der Waals surface area contributed by atoms with Gasteiger partial charge in [0, 0.05) is 11.4 Å². The highest BCUT2D eigenvalue weighted by Gasteiger charge is 2.05. The van der Waals surface area contributed by atoms with Crippen molar-refractivity contribution in [3.63, 3.8) is 0 Å². The number of esters is 1. The van der Waals surface area contributed by atoms with E-state index in [0.29, 0.717) is 12.2 Å². The van der Waals surface area contributed by atoms with Gasteiger partial charge in [0.25, 0.3) is 0 Å². The van der Waals surface area contributed by atoms with E-state index in [9.17, 15) is 4.79 Å². The molecule has 0 saturated carbocycles. The zero-order chi connectivity index (χ0) is 14.5. The Balaban J connectivity index is 2.10. The summed E-state index contributed by atoms with van der Waals surface area (Å²) in [5, 5.41) is 3.32. The lowest BCUT2D eigenvalue weighted by Gasteiger charge is -2.09. The van der Waals surface area contributed by atoms with Crippen LogP contribution >= 0.6 is 0 Å². The zero-order valence-corrected chi connectivity index (χ0v) is 12.1. The molecule has 1 N–H and O–H groups in total. The molecule has 2 aromatic carbocycles. The van der Waals surface area contributed by atoms with Crippen molar-refractivity contribution in [2.75, 3.05) is 11.9 Å². The summed E-state index contributed by atoms with van der Waals surface area (Å²) in [6.07, 6.45) is 0. The highest BCUT2D eigenvalue weighted by Crippen LogP contribution is 2.20. The Hall–Kier alpha value is -2.29. The number of carbonyl (C=O) groups excluding carboxylic acids is 1. The van der Waals surface area contributed by atoms with Crippen molar-refractivity contribution in [3.8, 4) is 0 Å². The van der Waals surface area contributed by atoms with Crippen LogP contribution in [0.3, 0.4) is 0 Å². The van der Waals surface area contributed by atoms with Crippen LogP contribution in [0.1, 0.15) is 28.4 Å². The molecule has 0 amide bonds. The quantitative estimate of drug-likeness (QED) is 0.844. The van der Waals surface area contributed by atoms with Crippen LogP contribution in [0, 0.1) is 13.8 Å². The van der Waals surface area contributed by atoms with Crippen LogP contribution in [0.4, 0.5) is 11.4 Å². The molecule has 3 nitrogen and oxygen atoms in total. The van der Waals surface area contributed by atoms with Crippen molar-refractivity contribution in [2.45, 2.75) is 20.8 Å². The second-order valence-electron chi connectivity index (χ2n) is 4.72. The first-order valence-electron chi connectivity index (χ1n) is 6.71. The van der Waals surface area contributed by atoms with Crippen molar-refractivity contribution in [1.29, 1.82) is 0 Å². The monoisotopic (exact) mass is 269 g/mol. The number of hydrogen-bond acceptors (Lipinski definition) is 3. The number of benzene rings is 2. The second-order valence-corrected chi connectivity index (χ2v) is 4.72. The van der Waals surface area contributed by atoms with Crippen LogP contribution in [0.2, 0.25) is 0 Å². The summed E-state index contributed by atoms with van der Waals surface area (Å²) in [6.45, 7) is 6.37. The molecule has 0 bridgehead atoms. The molecule has 0 aliphatic heterocycles. The van der Waals surface area contributed by atoms with E-state index in [1.807, 2.05) is 18.2 Å². The Labute approximate surface area is 119 Å². The summed E-state index contributed by atoms with van der Waals surface area (Å²) in [5.74, 6) is -0.287. The van der Waals surface area contributed by atoms with Crippen molar-refractivity contribution in [2.24, 2.45) is 0 Å². The third-order valence-electron chi connectivity index (χ3n) is 3.19. The van der Waals surface area contributed by atoms with E-state index in [1.54, 1.807) is 19.1 Å². The Bertz CT molecular complexity index is 603. The van der Waals surface area contributed by atoms with Gasteiger partial charge in [-0.15, -0.1) is 0 Å². The average molecular weight is 269 g/mol. The Morgan fingerprint density at radius 2 is 1.65 bits per heavy atom. The molecule has 0 spiro atoms. The summed E-state index contributed by atoms with van der Waals surface area (Å²) >= 11 is 0. The zero-order valence-electron chi connectivity index (χ0n) is 12.1. The standard InChI is InChI=1S/C17H19NO2/c1-4-20-17(19)14-6-9-15(10-7-14)18-16-8-5-12(2)13(3)11-16/h5-11,18H,4H2,1-3H3. The maximum atomic E-state index is 11.6. The minimum atomic E-state index is -0.287. The Morgan fingerprint density at radius 1 is 1.00 bits per heavy atom. The molecule has 2 rings (SSSR count). The van der Waals surface area contributed by atoms with Gasteiger partial charge in [-0.2, -0.15) is 0 Å². The SMILES string of the molecule is CCOC(=O)c1ccc(Nc2ccc(C)c(C)c2)cc1. The topological polar surface area (TPSA) is 38.3 Å². The van der Waals surface area contributed by atoms with Gasteiger partial charge in [-0.1, -0.05) is 6.07 Å². The van der Waals surface area contributed by atoms with Gasteiger partial charge in [-0.05, 0) is 68.3 Å². The number of aryl methyl sites for hydroxylation is 2. The van der Waals surface area contributed by atoms with Crippen LogP contribution in [-0.4, -0.2) is 12.6 Å². The van der Waals surface area contributed by atoms with Crippen molar-refractivity contribution in [1.82, 2.24) is 0 Å². The van der Waals surface area contributed by atoms with E-state index in [2.05, 4.69) is 31.3 Å². The molecule has 0 unspecified atom stereocenters. The Kier molecular flexibility index (Phi) is 4.41. The lowest BCUT2D eigenvalue weighted by molar-refractivity contribution is 0.0526. The normalized spacial score (nSPS) is 10.2. The molecule has 0 saturated heterocycles. The Morgan fingerprint density at radius 3 is 2.25 bits per heavy atom. The first-order chi connectivity index (χ1) is 9.60. The molecule has 0 aromatic heterocycles. The number of anilines is 2. The number of carbonyl (C=O) groups is 1. The van der Waals surface area contributed by atoms with Gasteiger partial charge in [-0.3, -0.25) is 0 Å². The minimum absolute atomic E-state index is 0.287. The molecular weight excluding hydrogens is 250 g/mol. The maximum absolute atomic E-state index is 11.6. The van der Waals surface area contributed by atoms with Crippen LogP contribution in [0.15, 0.2) is 42.5 Å². The molecule has 104 valence electrons. The lowest BCUT2D eigenvalue weighted by Crippen LogP contribution is -2.04. The molecule has 0 radical (unpaired) electrons. The van der Waals surface area contributed by atoms with Gasteiger partial charge in [0.05, 0.1) is 12.2 Å². The van der Waals surface area contributed by atoms with Gasteiger partial charge in [0.15, 0.2) is 0 Å². The van der Waals surface area contributed by atoms with E-state index in [1.165, 1.54) is 11.1 Å². The second kappa shape index (κ2) is 6.24. The molecule has 0 aliphatic carbocycles. The molecule has 20 heavy (non-hydrogen) atoms. The van der Waals surface area contributed by atoms with Crippen LogP contribution in [0.25, 0.3) is 0 Å². The fourth-order valence-electron chi connectivity index (χ4n) is 1.89. The first-order valence-corrected chi connectivity index (χ1v) is 6.71. The number of nitrogens with one attached hydrogen (secondary N) is 1. The van der Waals surface area contributed by atoms with Crippen molar-refractivity contribution in [3.05, 3.63) is 59.2 Å². The van der Waals surface area contributed by atoms with E-state index in [-0.39, 0.29) is 5.97 Å². The summed E-state index contributed by atoms with van der Waals surface area (Å²) in [5.41, 5.74) is 5.07.